The van der Waals surface area contributed by atoms with Crippen LogP contribution in [0.3, 0.4) is 0 Å². The fraction of sp³-hybridized carbons (Fsp3) is 0.323. The predicted molar refractivity (Wildman–Crippen MR) is 329 cm³/mol. The zero-order valence-electron chi connectivity index (χ0n) is 48.3. The molecular formula is C62H62BBrCl2F4N8O10. The van der Waals surface area contributed by atoms with Crippen molar-refractivity contribution in [1.82, 2.24) is 30.4 Å². The van der Waals surface area contributed by atoms with E-state index in [4.69, 9.17) is 62.9 Å². The lowest BCUT2D eigenvalue weighted by Crippen LogP contribution is -2.41. The highest BCUT2D eigenvalue weighted by molar-refractivity contribution is 9.10. The highest BCUT2D eigenvalue weighted by Gasteiger charge is 2.52. The van der Waals surface area contributed by atoms with Gasteiger partial charge in [0.05, 0.1) is 76.4 Å². The van der Waals surface area contributed by atoms with Gasteiger partial charge in [0.15, 0.2) is 0 Å². The summed E-state index contributed by atoms with van der Waals surface area (Å²) in [6.45, 7) is 11.6. The molecule has 5 aliphatic rings. The lowest BCUT2D eigenvalue weighted by molar-refractivity contribution is -0.117. The molecule has 3 fully saturated rings. The molecule has 88 heavy (non-hydrogen) atoms. The number of pyridine rings is 2. The minimum Gasteiger partial charge on any atom is -0.486 e. The number of anilines is 2. The van der Waals surface area contributed by atoms with E-state index in [0.29, 0.717) is 111 Å². The molecule has 0 saturated carbocycles. The number of fused-ring (bicyclic) bond motifs is 2. The number of nitrogens with zero attached hydrogens (tertiary/aromatic N) is 4. The molecule has 0 radical (unpaired) electrons. The number of morpholine rings is 2. The number of nitrogen functional groups attached to an aromatic ring is 2. The summed E-state index contributed by atoms with van der Waals surface area (Å²) in [4.78, 5) is 59.9. The number of halogens is 7. The molecule has 462 valence electrons. The summed E-state index contributed by atoms with van der Waals surface area (Å²) in [7, 11) is -0.491. The van der Waals surface area contributed by atoms with E-state index < -0.39 is 59.5 Å². The van der Waals surface area contributed by atoms with Crippen LogP contribution in [0.1, 0.15) is 70.7 Å². The fourth-order valence-electron chi connectivity index (χ4n) is 9.71. The van der Waals surface area contributed by atoms with Crippen LogP contribution in [0.15, 0.2) is 102 Å². The van der Waals surface area contributed by atoms with Gasteiger partial charge >= 0.3 is 7.12 Å². The average molecular weight is 1320 g/mol. The molecule has 4 aromatic carbocycles. The van der Waals surface area contributed by atoms with Crippen molar-refractivity contribution in [3.63, 3.8) is 0 Å². The first-order valence-corrected chi connectivity index (χ1v) is 29.5. The number of amides is 4. The van der Waals surface area contributed by atoms with Crippen molar-refractivity contribution in [3.05, 3.63) is 169 Å². The van der Waals surface area contributed by atoms with E-state index in [2.05, 4.69) is 36.5 Å². The normalized spacial score (nSPS) is 18.1. The van der Waals surface area contributed by atoms with Crippen molar-refractivity contribution >= 4 is 99.1 Å². The maximum absolute atomic E-state index is 15.1. The molecule has 6 aromatic rings. The van der Waals surface area contributed by atoms with Gasteiger partial charge in [-0.3, -0.25) is 19.2 Å². The summed E-state index contributed by atoms with van der Waals surface area (Å²) in [5.74, 6) is -2.65. The fourth-order valence-corrected chi connectivity index (χ4v) is 10.6. The molecule has 6 N–H and O–H groups in total. The Morgan fingerprint density at radius 1 is 0.636 bits per heavy atom. The molecule has 2 unspecified atom stereocenters. The van der Waals surface area contributed by atoms with Gasteiger partial charge < -0.3 is 60.2 Å². The van der Waals surface area contributed by atoms with Crippen LogP contribution < -0.4 is 37.0 Å². The monoisotopic (exact) mass is 1310 g/mol. The van der Waals surface area contributed by atoms with E-state index in [0.717, 1.165) is 46.4 Å². The third-order valence-electron chi connectivity index (χ3n) is 15.2. The van der Waals surface area contributed by atoms with Gasteiger partial charge in [0.25, 0.3) is 11.8 Å². The van der Waals surface area contributed by atoms with Crippen molar-refractivity contribution < 1.29 is 65.0 Å². The van der Waals surface area contributed by atoms with E-state index in [1.54, 1.807) is 54.9 Å². The van der Waals surface area contributed by atoms with Gasteiger partial charge in [-0.05, 0) is 150 Å². The lowest BCUT2D eigenvalue weighted by atomic mass is 9.78. The maximum atomic E-state index is 15.1. The molecule has 7 heterocycles. The number of ether oxygens (including phenoxy) is 4. The molecule has 26 heteroatoms. The van der Waals surface area contributed by atoms with Crippen molar-refractivity contribution in [2.24, 2.45) is 0 Å². The lowest BCUT2D eigenvalue weighted by Gasteiger charge is -2.32. The Balaban J connectivity index is 0.000000169. The number of benzene rings is 4. The Kier molecular flexibility index (Phi) is 20.9. The first-order chi connectivity index (χ1) is 41.9. The van der Waals surface area contributed by atoms with Gasteiger partial charge in [-0.25, -0.2) is 27.5 Å². The number of aromatic nitrogens is 2. The standard InChI is InChI=1S/C28H25ClF2N4O4.C23H27BClN3O4.C11H10BrF2NO2/c29-22-11-17(20-12-24(31)21(13-23(20)30)28(37)35-5-7-38-8-6-35)9-18-10-19(39-27(18)22)15-34-26(36)4-2-16-1-3-25(32)33-14-16;1-22(2)23(3,4)32-24(31-22)16-9-15-10-17(30-21(15)18(25)11-16)13-28-20(29)8-6-14-5-7-19(26)27-12-14;12-8-6-9(13)7(5-10(8)14)11(16)15-1-3-17-4-2-15/h1-4,9,11-14,19H,5-8,10,15H2,(H2,32,33)(H,34,36);5-9,11-12,17H,10,13H2,1-4H3,(H2,26,27)(H,28,29);5-6H,1-4H2/b4-2+;8-6+;. The maximum Gasteiger partial charge on any atom is 0.494 e. The van der Waals surface area contributed by atoms with Gasteiger partial charge in [0.2, 0.25) is 11.8 Å². The zero-order valence-corrected chi connectivity index (χ0v) is 51.4. The summed E-state index contributed by atoms with van der Waals surface area (Å²) >= 11 is 15.8. The Morgan fingerprint density at radius 3 is 1.57 bits per heavy atom. The highest BCUT2D eigenvalue weighted by atomic mass is 79.9. The molecule has 18 nitrogen and oxygen atoms in total. The zero-order chi connectivity index (χ0) is 63.0. The van der Waals surface area contributed by atoms with E-state index in [-0.39, 0.29) is 50.6 Å². The topological polar surface area (TPSA) is 232 Å². The SMILES string of the molecule is CC1(C)OB(c2cc(Cl)c3c(c2)CC(CNC(=O)/C=C/c2ccc(N)nc2)O3)OC1(C)C.Nc1ccc(/C=C/C(=O)NCC2Cc3cc(-c4cc(F)c(C(=O)N5CCOCC5)cc4F)cc(Cl)c3O2)cn1.O=C(c1cc(F)c(Br)cc1F)N1CCOCC1. The van der Waals surface area contributed by atoms with Crippen LogP contribution in [-0.2, 0) is 41.2 Å². The van der Waals surface area contributed by atoms with Gasteiger partial charge in [0.1, 0.15) is 58.6 Å². The van der Waals surface area contributed by atoms with Gasteiger partial charge in [0, 0.05) is 74.7 Å². The second-order valence-electron chi connectivity index (χ2n) is 22.0. The molecule has 0 bridgehead atoms. The molecule has 3 saturated heterocycles. The van der Waals surface area contributed by atoms with Gasteiger partial charge in [-0.1, -0.05) is 29.3 Å². The summed E-state index contributed by atoms with van der Waals surface area (Å²) in [5.41, 5.74) is 14.1. The van der Waals surface area contributed by atoms with Crippen LogP contribution in [0.25, 0.3) is 23.3 Å². The molecule has 2 atom stereocenters. The Hall–Kier alpha value is -7.58. The molecule has 2 aromatic heterocycles. The van der Waals surface area contributed by atoms with Crippen LogP contribution in [0, 0.1) is 23.3 Å². The van der Waals surface area contributed by atoms with Gasteiger partial charge in [-0.15, -0.1) is 0 Å². The van der Waals surface area contributed by atoms with Crippen LogP contribution in [-0.4, -0.2) is 140 Å². The summed E-state index contributed by atoms with van der Waals surface area (Å²) < 4.78 is 91.4. The van der Waals surface area contributed by atoms with Crippen molar-refractivity contribution in [2.75, 3.05) is 77.2 Å². The summed E-state index contributed by atoms with van der Waals surface area (Å²) in [6, 6.07) is 17.7. The first kappa shape index (κ1) is 64.9. The quantitative estimate of drug-likeness (QED) is 0.0388. The second kappa shape index (κ2) is 28.3. The number of nitrogens with two attached hydrogens (primary N) is 2. The van der Waals surface area contributed by atoms with Gasteiger partial charge in [-0.2, -0.15) is 0 Å². The molecule has 5 aliphatic heterocycles. The minimum atomic E-state index is -0.820. The summed E-state index contributed by atoms with van der Waals surface area (Å²) in [6.07, 6.45) is 9.74. The van der Waals surface area contributed by atoms with E-state index in [1.807, 2.05) is 39.8 Å². The number of hydrogen-bond acceptors (Lipinski definition) is 14. The Labute approximate surface area is 524 Å². The van der Waals surface area contributed by atoms with E-state index in [1.165, 1.54) is 28.0 Å². The largest absolute Gasteiger partial charge is 0.494 e. The van der Waals surface area contributed by atoms with Crippen LogP contribution >= 0.6 is 39.1 Å². The van der Waals surface area contributed by atoms with Crippen molar-refractivity contribution in [2.45, 2.75) is 63.9 Å². The highest BCUT2D eigenvalue weighted by Crippen LogP contribution is 2.42. The Bertz CT molecular complexity index is 3640. The van der Waals surface area contributed by atoms with Crippen LogP contribution in [0.2, 0.25) is 10.0 Å². The number of carbonyl (C=O) groups is 4. The molecule has 0 spiro atoms. The first-order valence-electron chi connectivity index (χ1n) is 28.0. The van der Waals surface area contributed by atoms with Crippen molar-refractivity contribution in [1.29, 1.82) is 0 Å². The number of hydrogen-bond donors (Lipinski definition) is 4. The Morgan fingerprint density at radius 2 is 1.09 bits per heavy atom. The van der Waals surface area contributed by atoms with Crippen molar-refractivity contribution in [3.8, 4) is 22.6 Å². The number of nitrogens with one attached hydrogen (secondary N) is 2. The molecular weight excluding hydrogens is 1250 g/mol. The summed E-state index contributed by atoms with van der Waals surface area (Å²) in [5, 5.41) is 6.39. The smallest absolute Gasteiger partial charge is 0.486 e. The molecule has 11 rings (SSSR count). The van der Waals surface area contributed by atoms with E-state index >= 15 is 4.39 Å². The molecule has 4 amide bonds. The van der Waals surface area contributed by atoms with Crippen LogP contribution in [0.4, 0.5) is 29.2 Å². The third-order valence-corrected chi connectivity index (χ3v) is 16.3. The number of rotatable bonds is 12. The number of carbonyl (C=O) groups excluding carboxylic acids is 4. The molecule has 0 aliphatic carbocycles. The van der Waals surface area contributed by atoms with E-state index in [9.17, 15) is 32.3 Å². The third kappa shape index (κ3) is 16.0. The second-order valence-corrected chi connectivity index (χ2v) is 23.6. The minimum absolute atomic E-state index is 0.00790. The average Bonchev–Trinajstić information content (AvgIpc) is 2.58. The predicted octanol–water partition coefficient (Wildman–Crippen LogP) is 8.82. The van der Waals surface area contributed by atoms with Crippen LogP contribution in [0.5, 0.6) is 11.5 Å².